The molecule has 0 bridgehead atoms. The van der Waals surface area contributed by atoms with Crippen LogP contribution in [0.4, 0.5) is 10.5 Å². The Morgan fingerprint density at radius 3 is 2.62 bits per heavy atom. The van der Waals surface area contributed by atoms with Crippen LogP contribution in [0.3, 0.4) is 0 Å². The van der Waals surface area contributed by atoms with Crippen LogP contribution in [0.25, 0.3) is 0 Å². The van der Waals surface area contributed by atoms with Gasteiger partial charge < -0.3 is 14.5 Å². The van der Waals surface area contributed by atoms with Crippen LogP contribution in [0.15, 0.2) is 25.0 Å². The van der Waals surface area contributed by atoms with Gasteiger partial charge in [-0.25, -0.2) is 4.79 Å². The number of aromatic nitrogens is 2. The van der Waals surface area contributed by atoms with Gasteiger partial charge in [0.15, 0.2) is 0 Å². The van der Waals surface area contributed by atoms with Crippen molar-refractivity contribution < 1.29 is 14.3 Å². The number of nitrogens with zero attached hydrogens (tertiary/aromatic N) is 4. The van der Waals surface area contributed by atoms with Crippen molar-refractivity contribution in [2.24, 2.45) is 5.92 Å². The quantitative estimate of drug-likeness (QED) is 0.777. The molecule has 7 heteroatoms. The van der Waals surface area contributed by atoms with E-state index in [0.717, 1.165) is 18.5 Å². The number of hydrogen-bond donors (Lipinski definition) is 0. The molecule has 2 aliphatic heterocycles. The molecule has 1 aromatic rings. The van der Waals surface area contributed by atoms with E-state index in [0.29, 0.717) is 26.1 Å². The Hall–Kier alpha value is -2.31. The van der Waals surface area contributed by atoms with Crippen LogP contribution in [0.1, 0.15) is 46.1 Å². The number of piperidine rings is 1. The Balaban J connectivity index is 1.57. The third kappa shape index (κ3) is 4.08. The Morgan fingerprint density at radius 1 is 1.35 bits per heavy atom. The van der Waals surface area contributed by atoms with Crippen molar-refractivity contribution in [3.8, 4) is 0 Å². The second-order valence-corrected chi connectivity index (χ2v) is 8.08. The first-order valence-electron chi connectivity index (χ1n) is 9.22. The van der Waals surface area contributed by atoms with Crippen molar-refractivity contribution >= 4 is 17.7 Å². The molecule has 0 aliphatic carbocycles. The van der Waals surface area contributed by atoms with Crippen molar-refractivity contribution in [3.63, 3.8) is 0 Å². The SMILES string of the molecule is C=CC1CC(=O)N(c2cnn(C3CCN(C(=O)OC(C)(C)C)CC3)c2)C1. The van der Waals surface area contributed by atoms with Gasteiger partial charge in [-0.05, 0) is 33.6 Å². The van der Waals surface area contributed by atoms with Gasteiger partial charge in [-0.3, -0.25) is 9.48 Å². The molecule has 7 nitrogen and oxygen atoms in total. The topological polar surface area (TPSA) is 67.7 Å². The average Bonchev–Trinajstić information content (AvgIpc) is 3.19. The Bertz CT molecular complexity index is 683. The number of anilines is 1. The van der Waals surface area contributed by atoms with Crippen molar-refractivity contribution in [2.45, 2.75) is 51.7 Å². The second kappa shape index (κ2) is 7.13. The summed E-state index contributed by atoms with van der Waals surface area (Å²) in [5, 5.41) is 4.46. The lowest BCUT2D eigenvalue weighted by atomic mass is 10.1. The zero-order valence-electron chi connectivity index (χ0n) is 15.9. The summed E-state index contributed by atoms with van der Waals surface area (Å²) in [6.07, 6.45) is 7.45. The lowest BCUT2D eigenvalue weighted by Gasteiger charge is -2.33. The van der Waals surface area contributed by atoms with Gasteiger partial charge in [-0.15, -0.1) is 6.58 Å². The predicted octanol–water partition coefficient (Wildman–Crippen LogP) is 2.99. The molecule has 3 heterocycles. The van der Waals surface area contributed by atoms with Crippen LogP contribution < -0.4 is 4.90 Å². The summed E-state index contributed by atoms with van der Waals surface area (Å²) in [4.78, 5) is 27.8. The highest BCUT2D eigenvalue weighted by atomic mass is 16.6. The van der Waals surface area contributed by atoms with Gasteiger partial charge in [-0.2, -0.15) is 5.10 Å². The normalized spacial score (nSPS) is 22.0. The van der Waals surface area contributed by atoms with E-state index in [1.54, 1.807) is 16.0 Å². The van der Waals surface area contributed by atoms with Crippen molar-refractivity contribution in [1.29, 1.82) is 0 Å². The molecule has 1 unspecified atom stereocenters. The maximum absolute atomic E-state index is 12.2. The number of likely N-dealkylation sites (tertiary alicyclic amines) is 1. The highest BCUT2D eigenvalue weighted by Gasteiger charge is 2.31. The van der Waals surface area contributed by atoms with Gasteiger partial charge in [0.2, 0.25) is 5.91 Å². The largest absolute Gasteiger partial charge is 0.444 e. The summed E-state index contributed by atoms with van der Waals surface area (Å²) >= 11 is 0. The van der Waals surface area contributed by atoms with E-state index < -0.39 is 5.60 Å². The summed E-state index contributed by atoms with van der Waals surface area (Å²) in [5.74, 6) is 0.331. The van der Waals surface area contributed by atoms with Crippen LogP contribution in [-0.2, 0) is 9.53 Å². The molecule has 26 heavy (non-hydrogen) atoms. The van der Waals surface area contributed by atoms with Gasteiger partial charge >= 0.3 is 6.09 Å². The third-order valence-electron chi connectivity index (χ3n) is 4.88. The molecular formula is C19H28N4O3. The standard InChI is InChI=1S/C19H28N4O3/c1-5-14-10-17(24)22(12-14)16-11-20-23(13-16)15-6-8-21(9-7-15)18(25)26-19(2,3)4/h5,11,13-15H,1,6-10,12H2,2-4H3. The summed E-state index contributed by atoms with van der Waals surface area (Å²) in [6, 6.07) is 0.232. The van der Waals surface area contributed by atoms with Crippen molar-refractivity contribution in [2.75, 3.05) is 24.5 Å². The smallest absolute Gasteiger partial charge is 0.410 e. The summed E-state index contributed by atoms with van der Waals surface area (Å²) in [5.41, 5.74) is 0.366. The van der Waals surface area contributed by atoms with E-state index in [1.165, 1.54) is 0 Å². The van der Waals surface area contributed by atoms with E-state index in [9.17, 15) is 9.59 Å². The molecule has 2 fully saturated rings. The van der Waals surface area contributed by atoms with E-state index in [4.69, 9.17) is 4.74 Å². The van der Waals surface area contributed by atoms with Gasteiger partial charge in [0.05, 0.1) is 17.9 Å². The molecule has 0 saturated carbocycles. The summed E-state index contributed by atoms with van der Waals surface area (Å²) < 4.78 is 7.36. The second-order valence-electron chi connectivity index (χ2n) is 8.08. The molecule has 2 amide bonds. The molecule has 0 radical (unpaired) electrons. The zero-order chi connectivity index (χ0) is 18.9. The summed E-state index contributed by atoms with van der Waals surface area (Å²) in [6.45, 7) is 11.4. The Morgan fingerprint density at radius 2 is 2.04 bits per heavy atom. The molecule has 0 spiro atoms. The van der Waals surface area contributed by atoms with E-state index in [-0.39, 0.29) is 24.0 Å². The number of carbonyl (C=O) groups is 2. The molecule has 3 rings (SSSR count). The maximum atomic E-state index is 12.2. The fourth-order valence-electron chi connectivity index (χ4n) is 3.45. The van der Waals surface area contributed by atoms with Crippen LogP contribution >= 0.6 is 0 Å². The molecule has 2 aliphatic rings. The Labute approximate surface area is 154 Å². The minimum atomic E-state index is -0.476. The lowest BCUT2D eigenvalue weighted by molar-refractivity contribution is -0.117. The molecule has 0 aromatic carbocycles. The van der Waals surface area contributed by atoms with Crippen LogP contribution in [-0.4, -0.2) is 51.9 Å². The van der Waals surface area contributed by atoms with Gasteiger partial charge in [0, 0.05) is 38.2 Å². The Kier molecular flexibility index (Phi) is 5.07. The maximum Gasteiger partial charge on any atom is 0.410 e. The number of rotatable bonds is 3. The van der Waals surface area contributed by atoms with Crippen LogP contribution in [0.2, 0.25) is 0 Å². The van der Waals surface area contributed by atoms with Crippen LogP contribution in [0.5, 0.6) is 0 Å². The fourth-order valence-corrected chi connectivity index (χ4v) is 3.45. The number of ether oxygens (including phenoxy) is 1. The first-order chi connectivity index (χ1) is 12.3. The van der Waals surface area contributed by atoms with Crippen LogP contribution in [0, 0.1) is 5.92 Å². The molecule has 142 valence electrons. The van der Waals surface area contributed by atoms with Crippen molar-refractivity contribution in [3.05, 3.63) is 25.0 Å². The fraction of sp³-hybridized carbons (Fsp3) is 0.632. The van der Waals surface area contributed by atoms with E-state index in [1.807, 2.05) is 37.7 Å². The minimum Gasteiger partial charge on any atom is -0.444 e. The number of hydrogen-bond acceptors (Lipinski definition) is 4. The molecular weight excluding hydrogens is 332 g/mol. The molecule has 0 N–H and O–H groups in total. The average molecular weight is 360 g/mol. The molecule has 1 aromatic heterocycles. The van der Waals surface area contributed by atoms with Gasteiger partial charge in [0.25, 0.3) is 0 Å². The molecule has 1 atom stereocenters. The lowest BCUT2D eigenvalue weighted by Crippen LogP contribution is -2.42. The first-order valence-corrected chi connectivity index (χ1v) is 9.22. The number of amides is 2. The predicted molar refractivity (Wildman–Crippen MR) is 99.0 cm³/mol. The van der Waals surface area contributed by atoms with E-state index >= 15 is 0 Å². The zero-order valence-corrected chi connectivity index (χ0v) is 15.9. The first kappa shape index (κ1) is 18.5. The number of carbonyl (C=O) groups excluding carboxylic acids is 2. The van der Waals surface area contributed by atoms with Gasteiger partial charge in [-0.1, -0.05) is 6.08 Å². The molecule has 2 saturated heterocycles. The highest BCUT2D eigenvalue weighted by molar-refractivity contribution is 5.95. The summed E-state index contributed by atoms with van der Waals surface area (Å²) in [7, 11) is 0. The monoisotopic (exact) mass is 360 g/mol. The van der Waals surface area contributed by atoms with E-state index in [2.05, 4.69) is 11.7 Å². The van der Waals surface area contributed by atoms with Crippen molar-refractivity contribution in [1.82, 2.24) is 14.7 Å². The third-order valence-corrected chi connectivity index (χ3v) is 4.88. The highest BCUT2D eigenvalue weighted by Crippen LogP contribution is 2.28. The minimum absolute atomic E-state index is 0.120. The van der Waals surface area contributed by atoms with Gasteiger partial charge in [0.1, 0.15) is 5.60 Å².